The van der Waals surface area contributed by atoms with Gasteiger partial charge in [-0.05, 0) is 74.5 Å². The van der Waals surface area contributed by atoms with Crippen LogP contribution < -0.4 is 0 Å². The van der Waals surface area contributed by atoms with Gasteiger partial charge in [-0.1, -0.05) is 35.9 Å². The van der Waals surface area contributed by atoms with E-state index >= 15 is 0 Å². The first kappa shape index (κ1) is 36.6. The number of ether oxygens (including phenoxy) is 2. The van der Waals surface area contributed by atoms with Gasteiger partial charge < -0.3 is 19.1 Å². The molecule has 13 heteroatoms. The fourth-order valence-corrected chi connectivity index (χ4v) is 8.82. The van der Waals surface area contributed by atoms with E-state index in [-0.39, 0.29) is 24.7 Å². The van der Waals surface area contributed by atoms with Crippen LogP contribution in [-0.4, -0.2) is 67.3 Å². The summed E-state index contributed by atoms with van der Waals surface area (Å²) in [6, 6.07) is 17.7. The predicted molar refractivity (Wildman–Crippen MR) is 207 cm³/mol. The number of rotatable bonds is 12. The third kappa shape index (κ3) is 7.15. The van der Waals surface area contributed by atoms with Crippen molar-refractivity contribution in [3.63, 3.8) is 0 Å². The minimum absolute atomic E-state index is 0.0991. The molecular weight excluding hydrogens is 712 g/mol. The Labute approximate surface area is 317 Å². The quantitative estimate of drug-likeness (QED) is 0.0993. The second kappa shape index (κ2) is 15.3. The highest BCUT2D eigenvalue weighted by molar-refractivity contribution is 7.98. The normalized spacial score (nSPS) is 12.9. The number of aromatic nitrogens is 5. The molecule has 7 rings (SSSR count). The topological polar surface area (TPSA) is 117 Å². The number of carbonyl (C=O) groups is 2. The van der Waals surface area contributed by atoms with Crippen LogP contribution in [0.4, 0.5) is 0 Å². The fourth-order valence-electron chi connectivity index (χ4n) is 7.57. The molecule has 6 aromatic rings. The lowest BCUT2D eigenvalue weighted by atomic mass is 9.94. The maximum atomic E-state index is 13.2. The summed E-state index contributed by atoms with van der Waals surface area (Å²) in [5, 5.41) is 23.8. The van der Waals surface area contributed by atoms with Gasteiger partial charge in [-0.25, -0.2) is 4.79 Å². The van der Waals surface area contributed by atoms with Gasteiger partial charge in [0.25, 0.3) is 0 Å². The van der Waals surface area contributed by atoms with Gasteiger partial charge in [0, 0.05) is 87.7 Å². The van der Waals surface area contributed by atoms with Crippen LogP contribution in [0.2, 0.25) is 5.02 Å². The molecule has 0 saturated carbocycles. The van der Waals surface area contributed by atoms with Crippen LogP contribution >= 0.6 is 23.4 Å². The summed E-state index contributed by atoms with van der Waals surface area (Å²) < 4.78 is 16.0. The number of phenols is 1. The first-order valence-electron chi connectivity index (χ1n) is 17.7. The summed E-state index contributed by atoms with van der Waals surface area (Å²) in [4.78, 5) is 28.6. The molecule has 1 aliphatic heterocycles. The van der Waals surface area contributed by atoms with Crippen molar-refractivity contribution in [2.45, 2.75) is 69.4 Å². The second-order valence-corrected chi connectivity index (χ2v) is 15.0. The number of carbonyl (C=O) groups excluding carboxylic acids is 2. The molecule has 0 spiro atoms. The molecule has 0 saturated heterocycles. The summed E-state index contributed by atoms with van der Waals surface area (Å²) in [6.45, 7) is 4.13. The van der Waals surface area contributed by atoms with Gasteiger partial charge in [0.1, 0.15) is 11.4 Å². The number of methoxy groups -OCH3 is 2. The van der Waals surface area contributed by atoms with E-state index in [1.165, 1.54) is 14.2 Å². The number of fused-ring (bicyclic) bond motifs is 3. The van der Waals surface area contributed by atoms with E-state index in [1.807, 2.05) is 65.7 Å². The van der Waals surface area contributed by atoms with Crippen LogP contribution in [0.25, 0.3) is 32.8 Å². The summed E-state index contributed by atoms with van der Waals surface area (Å²) in [5.74, 6) is 0.143. The van der Waals surface area contributed by atoms with E-state index in [0.29, 0.717) is 29.6 Å². The van der Waals surface area contributed by atoms with Gasteiger partial charge in [-0.2, -0.15) is 10.2 Å². The molecule has 0 atom stereocenters. The summed E-state index contributed by atoms with van der Waals surface area (Å²) in [7, 11) is 6.74. The molecule has 0 radical (unpaired) electrons. The number of aromatic hydroxyl groups is 1. The number of benzene rings is 3. The van der Waals surface area contributed by atoms with Gasteiger partial charge in [0.05, 0.1) is 32.0 Å². The number of hydrogen-bond acceptors (Lipinski definition) is 9. The Morgan fingerprint density at radius 2 is 1.83 bits per heavy atom. The Bertz CT molecular complexity index is 2360. The molecule has 0 fully saturated rings. The van der Waals surface area contributed by atoms with E-state index in [1.54, 1.807) is 11.8 Å². The molecule has 4 heterocycles. The van der Waals surface area contributed by atoms with Crippen LogP contribution in [0.15, 0.2) is 59.5 Å². The van der Waals surface area contributed by atoms with Gasteiger partial charge in [0.15, 0.2) is 0 Å². The Balaban J connectivity index is 1.19. The lowest BCUT2D eigenvalue weighted by Crippen LogP contribution is -2.18. The highest BCUT2D eigenvalue weighted by Crippen LogP contribution is 2.44. The first-order chi connectivity index (χ1) is 25.6. The zero-order valence-corrected chi connectivity index (χ0v) is 32.2. The van der Waals surface area contributed by atoms with Crippen molar-refractivity contribution in [3.8, 4) is 16.9 Å². The lowest BCUT2D eigenvalue weighted by Gasteiger charge is -2.18. The van der Waals surface area contributed by atoms with Gasteiger partial charge in [-0.15, -0.1) is 11.8 Å². The first-order valence-corrected chi connectivity index (χ1v) is 19.0. The highest BCUT2D eigenvalue weighted by atomic mass is 35.5. The van der Waals surface area contributed by atoms with Gasteiger partial charge in [-0.3, -0.25) is 19.1 Å². The van der Waals surface area contributed by atoms with Crippen molar-refractivity contribution in [2.24, 2.45) is 7.05 Å². The van der Waals surface area contributed by atoms with E-state index < -0.39 is 5.97 Å². The lowest BCUT2D eigenvalue weighted by molar-refractivity contribution is -0.140. The smallest absolute Gasteiger partial charge is 0.354 e. The van der Waals surface area contributed by atoms with Gasteiger partial charge >= 0.3 is 11.9 Å². The zero-order chi connectivity index (χ0) is 37.4. The summed E-state index contributed by atoms with van der Waals surface area (Å²) in [5.41, 5.74) is 7.81. The number of halogens is 1. The van der Waals surface area contributed by atoms with Crippen LogP contribution in [0.5, 0.6) is 5.75 Å². The molecule has 11 nitrogen and oxygen atoms in total. The molecule has 0 aliphatic carbocycles. The predicted octanol–water partition coefficient (Wildman–Crippen LogP) is 7.67. The number of esters is 2. The van der Waals surface area contributed by atoms with Crippen LogP contribution in [0.3, 0.4) is 0 Å². The van der Waals surface area contributed by atoms with Crippen molar-refractivity contribution in [3.05, 3.63) is 93.7 Å². The van der Waals surface area contributed by atoms with Crippen molar-refractivity contribution in [2.75, 3.05) is 21.3 Å². The number of phenolic OH excluding ortho intramolecular Hbond substituents is 1. The number of aryl methyl sites for hydroxylation is 4. The fraction of sp³-hybridized carbons (Fsp3) is 0.350. The minimum atomic E-state index is -0.480. The largest absolute Gasteiger partial charge is 0.507 e. The average Bonchev–Trinajstić information content (AvgIpc) is 3.78. The molecular formula is C40H43ClN6O5S. The Morgan fingerprint density at radius 3 is 2.62 bits per heavy atom. The van der Waals surface area contributed by atoms with Crippen molar-refractivity contribution in [1.82, 2.24) is 29.0 Å². The average molecular weight is 755 g/mol. The zero-order valence-electron chi connectivity index (χ0n) is 30.6. The minimum Gasteiger partial charge on any atom is -0.507 e. The number of nitrogens with zero attached hydrogens (tertiary/aromatic N) is 6. The van der Waals surface area contributed by atoms with E-state index in [4.69, 9.17) is 31.3 Å². The van der Waals surface area contributed by atoms with E-state index in [0.717, 1.165) is 91.8 Å². The van der Waals surface area contributed by atoms with Crippen LogP contribution in [-0.2, 0) is 59.7 Å². The van der Waals surface area contributed by atoms with E-state index in [2.05, 4.69) is 28.8 Å². The Kier molecular flexibility index (Phi) is 10.6. The van der Waals surface area contributed by atoms with Crippen molar-refractivity contribution >= 4 is 57.0 Å². The van der Waals surface area contributed by atoms with Crippen LogP contribution in [0, 0.1) is 6.92 Å². The molecule has 0 unspecified atom stereocenters. The molecule has 3 aromatic carbocycles. The Morgan fingerprint density at radius 1 is 1.02 bits per heavy atom. The molecule has 0 bridgehead atoms. The maximum absolute atomic E-state index is 13.2. The molecule has 1 N–H and O–H groups in total. The number of hydrogen-bond donors (Lipinski definition) is 1. The number of thioether (sulfide) groups is 1. The summed E-state index contributed by atoms with van der Waals surface area (Å²) in [6.07, 6.45) is 3.05. The second-order valence-electron chi connectivity index (χ2n) is 13.6. The van der Waals surface area contributed by atoms with Gasteiger partial charge in [0.2, 0.25) is 0 Å². The van der Waals surface area contributed by atoms with Crippen molar-refractivity contribution in [1.29, 1.82) is 0 Å². The molecule has 276 valence electrons. The third-order valence-electron chi connectivity index (χ3n) is 10.1. The molecule has 0 amide bonds. The monoisotopic (exact) mass is 754 g/mol. The van der Waals surface area contributed by atoms with Crippen LogP contribution in [0.1, 0.15) is 58.1 Å². The van der Waals surface area contributed by atoms with Crippen molar-refractivity contribution < 1.29 is 24.2 Å². The standard InChI is InChI=1S/C40H43ClN6O5S/c1-24-36-32(46(17-15-35(49)51-4)39(24)40(50)52-5)14-13-30(41)37(36)38-31(43-47-16-9-8-12-33(38)47)22-44(2)21-26-19-27(45(3)42-26)23-53-28-18-25-10-6-7-11-29(25)34(48)20-28/h6-7,10-11,13-14,18-20,48H,8-9,12,15-17,21-23H2,1-5H3. The Hall–Kier alpha value is -4.78. The SMILES string of the molecule is COC(=O)CCn1c(C(=O)OC)c(C)c2c(-c3c(CN(C)Cc4cc(CSc5cc(O)c6ccccc6c5)n(C)n4)nn4c3CCCC4)c(Cl)ccc21. The summed E-state index contributed by atoms with van der Waals surface area (Å²) >= 11 is 8.79. The van der Waals surface area contributed by atoms with E-state index in [9.17, 15) is 14.7 Å². The highest BCUT2D eigenvalue weighted by Gasteiger charge is 2.30. The molecule has 53 heavy (non-hydrogen) atoms. The maximum Gasteiger partial charge on any atom is 0.354 e. The molecule has 1 aliphatic rings. The molecule has 3 aromatic heterocycles. The third-order valence-corrected chi connectivity index (χ3v) is 11.4.